The maximum Gasteiger partial charge on any atom is 0.244 e. The summed E-state index contributed by atoms with van der Waals surface area (Å²) < 4.78 is 1.04. The van der Waals surface area contributed by atoms with Crippen LogP contribution in [0.1, 0.15) is 18.4 Å². The van der Waals surface area contributed by atoms with Gasteiger partial charge in [0.25, 0.3) is 0 Å². The number of benzene rings is 1. The molecule has 1 aromatic rings. The van der Waals surface area contributed by atoms with E-state index in [1.807, 2.05) is 24.3 Å². The second-order valence-corrected chi connectivity index (χ2v) is 4.71. The summed E-state index contributed by atoms with van der Waals surface area (Å²) in [6, 6.07) is 7.96. The quantitative estimate of drug-likeness (QED) is 0.820. The lowest BCUT2D eigenvalue weighted by molar-refractivity contribution is -0.124. The van der Waals surface area contributed by atoms with E-state index in [0.717, 1.165) is 22.9 Å². The molecule has 15 heavy (non-hydrogen) atoms. The van der Waals surface area contributed by atoms with E-state index in [0.29, 0.717) is 0 Å². The molecule has 0 saturated heterocycles. The van der Waals surface area contributed by atoms with Gasteiger partial charge in [-0.25, -0.2) is 5.43 Å². The molecule has 0 atom stereocenters. The Morgan fingerprint density at radius 3 is 2.40 bits per heavy atom. The minimum Gasteiger partial charge on any atom is -0.291 e. The van der Waals surface area contributed by atoms with Gasteiger partial charge >= 0.3 is 0 Å². The van der Waals surface area contributed by atoms with E-state index in [1.165, 1.54) is 0 Å². The maximum absolute atomic E-state index is 11.8. The topological polar surface area (TPSA) is 41.1 Å². The van der Waals surface area contributed by atoms with Gasteiger partial charge in [0.05, 0.1) is 5.41 Å². The van der Waals surface area contributed by atoms with Crippen LogP contribution in [-0.2, 0) is 10.2 Å². The van der Waals surface area contributed by atoms with Crippen LogP contribution < -0.4 is 10.9 Å². The third-order valence-electron chi connectivity index (χ3n) is 2.82. The highest BCUT2D eigenvalue weighted by atomic mass is 79.9. The number of amides is 1. The first-order chi connectivity index (χ1) is 7.19. The normalized spacial score (nSPS) is 17.2. The first kappa shape index (κ1) is 10.6. The third-order valence-corrected chi connectivity index (χ3v) is 3.35. The highest BCUT2D eigenvalue weighted by Crippen LogP contribution is 2.48. The second-order valence-electron chi connectivity index (χ2n) is 3.79. The Labute approximate surface area is 97.3 Å². The van der Waals surface area contributed by atoms with Crippen molar-refractivity contribution in [2.45, 2.75) is 18.3 Å². The van der Waals surface area contributed by atoms with Crippen molar-refractivity contribution in [2.24, 2.45) is 0 Å². The standard InChI is InChI=1S/C11H13BrN2O/c1-13-14-10(15)11(6-7-11)8-2-4-9(12)5-3-8/h2-5,13H,6-7H2,1H3,(H,14,15). The number of rotatable bonds is 3. The van der Waals surface area contributed by atoms with Crippen LogP contribution in [-0.4, -0.2) is 13.0 Å². The fourth-order valence-corrected chi connectivity index (χ4v) is 2.04. The second kappa shape index (κ2) is 3.94. The van der Waals surface area contributed by atoms with Gasteiger partial charge in [-0.15, -0.1) is 0 Å². The lowest BCUT2D eigenvalue weighted by Gasteiger charge is -2.14. The Balaban J connectivity index is 2.22. The molecule has 0 heterocycles. The Hall–Kier alpha value is -0.870. The minimum absolute atomic E-state index is 0.0623. The Bertz CT molecular complexity index is 371. The number of nitrogens with one attached hydrogen (secondary N) is 2. The molecule has 2 rings (SSSR count). The van der Waals surface area contributed by atoms with Gasteiger partial charge in [0.1, 0.15) is 0 Å². The van der Waals surface area contributed by atoms with E-state index in [4.69, 9.17) is 0 Å². The molecule has 1 aromatic carbocycles. The summed E-state index contributed by atoms with van der Waals surface area (Å²) in [5, 5.41) is 0. The molecule has 0 spiro atoms. The van der Waals surface area contributed by atoms with Crippen molar-refractivity contribution in [3.8, 4) is 0 Å². The van der Waals surface area contributed by atoms with Gasteiger partial charge in [0.15, 0.2) is 0 Å². The SMILES string of the molecule is CNNC(=O)C1(c2ccc(Br)cc2)CC1. The first-order valence-corrected chi connectivity index (χ1v) is 5.71. The summed E-state index contributed by atoms with van der Waals surface area (Å²) in [6.45, 7) is 0. The fourth-order valence-electron chi connectivity index (χ4n) is 1.77. The van der Waals surface area contributed by atoms with Crippen molar-refractivity contribution in [2.75, 3.05) is 7.05 Å². The van der Waals surface area contributed by atoms with E-state index in [1.54, 1.807) is 7.05 Å². The van der Waals surface area contributed by atoms with Crippen LogP contribution in [0.3, 0.4) is 0 Å². The van der Waals surface area contributed by atoms with E-state index in [-0.39, 0.29) is 11.3 Å². The van der Waals surface area contributed by atoms with Crippen LogP contribution in [0.15, 0.2) is 28.7 Å². The zero-order valence-corrected chi connectivity index (χ0v) is 10.1. The van der Waals surface area contributed by atoms with Crippen LogP contribution in [0.25, 0.3) is 0 Å². The van der Waals surface area contributed by atoms with Gasteiger partial charge in [0, 0.05) is 11.5 Å². The monoisotopic (exact) mass is 268 g/mol. The lowest BCUT2D eigenvalue weighted by Crippen LogP contribution is -2.41. The molecule has 3 nitrogen and oxygen atoms in total. The molecule has 2 N–H and O–H groups in total. The summed E-state index contributed by atoms with van der Waals surface area (Å²) in [5.41, 5.74) is 6.15. The third kappa shape index (κ3) is 1.92. The molecule has 0 aromatic heterocycles. The highest BCUT2D eigenvalue weighted by molar-refractivity contribution is 9.10. The Kier molecular flexibility index (Phi) is 2.80. The number of halogens is 1. The number of hydrogen-bond acceptors (Lipinski definition) is 2. The number of carbonyl (C=O) groups is 1. The van der Waals surface area contributed by atoms with Crippen molar-refractivity contribution in [1.29, 1.82) is 0 Å². The molecule has 1 aliphatic rings. The van der Waals surface area contributed by atoms with Gasteiger partial charge in [-0.2, -0.15) is 0 Å². The molecule has 0 aliphatic heterocycles. The van der Waals surface area contributed by atoms with Crippen molar-refractivity contribution in [1.82, 2.24) is 10.9 Å². The van der Waals surface area contributed by atoms with Crippen LogP contribution in [0.4, 0.5) is 0 Å². The smallest absolute Gasteiger partial charge is 0.244 e. The molecular formula is C11H13BrN2O. The lowest BCUT2D eigenvalue weighted by atomic mass is 9.95. The van der Waals surface area contributed by atoms with Gasteiger partial charge in [0.2, 0.25) is 5.91 Å². The molecule has 80 valence electrons. The van der Waals surface area contributed by atoms with Crippen molar-refractivity contribution in [3.63, 3.8) is 0 Å². The molecule has 1 saturated carbocycles. The zero-order valence-electron chi connectivity index (χ0n) is 8.51. The van der Waals surface area contributed by atoms with E-state index in [9.17, 15) is 4.79 Å². The summed E-state index contributed by atoms with van der Waals surface area (Å²) in [6.07, 6.45) is 1.87. The average molecular weight is 269 g/mol. The molecule has 4 heteroatoms. The average Bonchev–Trinajstić information content (AvgIpc) is 3.00. The summed E-state index contributed by atoms with van der Waals surface area (Å²) in [4.78, 5) is 11.8. The van der Waals surface area contributed by atoms with Crippen molar-refractivity contribution >= 4 is 21.8 Å². The van der Waals surface area contributed by atoms with Gasteiger partial charge in [-0.3, -0.25) is 10.2 Å². The van der Waals surface area contributed by atoms with Crippen LogP contribution in [0.5, 0.6) is 0 Å². The molecular weight excluding hydrogens is 256 g/mol. The summed E-state index contributed by atoms with van der Waals surface area (Å²) in [5.74, 6) is 0.0623. The largest absolute Gasteiger partial charge is 0.291 e. The van der Waals surface area contributed by atoms with Gasteiger partial charge in [-0.1, -0.05) is 28.1 Å². The first-order valence-electron chi connectivity index (χ1n) is 4.92. The van der Waals surface area contributed by atoms with Crippen molar-refractivity contribution < 1.29 is 4.79 Å². The molecule has 0 radical (unpaired) electrons. The minimum atomic E-state index is -0.288. The van der Waals surface area contributed by atoms with E-state index in [2.05, 4.69) is 26.8 Å². The summed E-state index contributed by atoms with van der Waals surface area (Å²) in [7, 11) is 1.70. The van der Waals surface area contributed by atoms with E-state index >= 15 is 0 Å². The van der Waals surface area contributed by atoms with Crippen LogP contribution in [0, 0.1) is 0 Å². The van der Waals surface area contributed by atoms with Crippen molar-refractivity contribution in [3.05, 3.63) is 34.3 Å². The van der Waals surface area contributed by atoms with E-state index < -0.39 is 0 Å². The Morgan fingerprint density at radius 1 is 1.33 bits per heavy atom. The highest BCUT2D eigenvalue weighted by Gasteiger charge is 2.51. The van der Waals surface area contributed by atoms with Gasteiger partial charge in [-0.05, 0) is 30.5 Å². The summed E-state index contributed by atoms with van der Waals surface area (Å²) >= 11 is 3.39. The molecule has 1 aliphatic carbocycles. The molecule has 0 unspecified atom stereocenters. The Morgan fingerprint density at radius 2 is 1.93 bits per heavy atom. The van der Waals surface area contributed by atoms with Gasteiger partial charge < -0.3 is 0 Å². The molecule has 1 amide bonds. The number of hydrogen-bond donors (Lipinski definition) is 2. The molecule has 0 bridgehead atoms. The van der Waals surface area contributed by atoms with Crippen LogP contribution >= 0.6 is 15.9 Å². The fraction of sp³-hybridized carbons (Fsp3) is 0.364. The number of hydrazine groups is 1. The number of carbonyl (C=O) groups excluding carboxylic acids is 1. The predicted molar refractivity (Wildman–Crippen MR) is 62.3 cm³/mol. The van der Waals surface area contributed by atoms with Crippen LogP contribution in [0.2, 0.25) is 0 Å². The predicted octanol–water partition coefficient (Wildman–Crippen LogP) is 1.73. The maximum atomic E-state index is 11.8. The molecule has 1 fully saturated rings. The zero-order chi connectivity index (χ0) is 10.9.